The molecular formula is C14H18BrF3N2O2. The second-order valence-electron chi connectivity index (χ2n) is 4.16. The Bertz CT molecular complexity index is 493. The van der Waals surface area contributed by atoms with Gasteiger partial charge in [0.1, 0.15) is 0 Å². The first-order chi connectivity index (χ1) is 10.3. The number of carbonyl (C=O) groups excluding carboxylic acids is 1. The van der Waals surface area contributed by atoms with Gasteiger partial charge in [0.2, 0.25) is 0 Å². The van der Waals surface area contributed by atoms with Crippen molar-refractivity contribution in [3.05, 3.63) is 46.6 Å². The average Bonchev–Trinajstić information content (AvgIpc) is 2.45. The summed E-state index contributed by atoms with van der Waals surface area (Å²) in [6.45, 7) is 3.66. The van der Waals surface area contributed by atoms with Gasteiger partial charge in [-0.15, -0.1) is 0 Å². The highest BCUT2D eigenvalue weighted by molar-refractivity contribution is 9.10. The predicted octanol–water partition coefficient (Wildman–Crippen LogP) is 3.71. The Kier molecular flexibility index (Phi) is 9.51. The van der Waals surface area contributed by atoms with E-state index in [4.69, 9.17) is 5.11 Å². The van der Waals surface area contributed by atoms with Crippen LogP contribution in [0.25, 0.3) is 0 Å². The van der Waals surface area contributed by atoms with E-state index in [2.05, 4.69) is 33.1 Å². The lowest BCUT2D eigenvalue weighted by atomic mass is 10.2. The molecule has 1 aromatic rings. The fourth-order valence-corrected chi connectivity index (χ4v) is 1.84. The van der Waals surface area contributed by atoms with Gasteiger partial charge in [-0.05, 0) is 24.1 Å². The number of allylic oxidation sites excluding steroid dienone is 1. The van der Waals surface area contributed by atoms with Gasteiger partial charge in [0.25, 0.3) is 0 Å². The quantitative estimate of drug-likeness (QED) is 0.726. The van der Waals surface area contributed by atoms with Crippen molar-refractivity contribution in [3.63, 3.8) is 0 Å². The second-order valence-corrected chi connectivity index (χ2v) is 5.07. The summed E-state index contributed by atoms with van der Waals surface area (Å²) < 4.78 is 36.8. The minimum Gasteiger partial charge on any atom is -0.400 e. The lowest BCUT2D eigenvalue weighted by Gasteiger charge is -2.11. The maximum absolute atomic E-state index is 12.0. The topological polar surface area (TPSA) is 61.4 Å². The van der Waals surface area contributed by atoms with E-state index in [0.29, 0.717) is 0 Å². The van der Waals surface area contributed by atoms with Crippen LogP contribution in [0.5, 0.6) is 0 Å². The molecular weight excluding hydrogens is 365 g/mol. The second kappa shape index (κ2) is 10.2. The molecule has 4 nitrogen and oxygen atoms in total. The van der Waals surface area contributed by atoms with Crippen molar-refractivity contribution < 1.29 is 23.1 Å². The van der Waals surface area contributed by atoms with Crippen LogP contribution < -0.4 is 10.6 Å². The van der Waals surface area contributed by atoms with Crippen molar-refractivity contribution in [1.29, 1.82) is 0 Å². The van der Waals surface area contributed by atoms with E-state index in [0.717, 1.165) is 17.1 Å². The van der Waals surface area contributed by atoms with E-state index in [1.165, 1.54) is 0 Å². The molecule has 0 radical (unpaired) electrons. The van der Waals surface area contributed by atoms with Crippen LogP contribution in [0.1, 0.15) is 18.4 Å². The van der Waals surface area contributed by atoms with Crippen LogP contribution in [0, 0.1) is 0 Å². The molecule has 3 N–H and O–H groups in total. The van der Waals surface area contributed by atoms with Crippen molar-refractivity contribution in [1.82, 2.24) is 10.6 Å². The van der Waals surface area contributed by atoms with E-state index in [1.54, 1.807) is 0 Å². The maximum atomic E-state index is 12.0. The molecule has 0 atom stereocenters. The number of nitrogens with one attached hydrogen (secondary N) is 2. The van der Waals surface area contributed by atoms with Crippen molar-refractivity contribution in [3.8, 4) is 0 Å². The molecule has 1 aromatic carbocycles. The predicted molar refractivity (Wildman–Crippen MR) is 82.1 cm³/mol. The summed E-state index contributed by atoms with van der Waals surface area (Å²) in [7, 11) is 1.00. The number of carbonyl (C=O) groups is 1. The summed E-state index contributed by atoms with van der Waals surface area (Å²) in [5, 5.41) is 11.8. The van der Waals surface area contributed by atoms with Crippen molar-refractivity contribution in [2.24, 2.45) is 0 Å². The molecule has 0 bridgehead atoms. The van der Waals surface area contributed by atoms with Gasteiger partial charge in [-0.1, -0.05) is 34.6 Å². The number of amides is 2. The summed E-state index contributed by atoms with van der Waals surface area (Å²) in [5.74, 6) is 0. The standard InChI is InChI=1S/C13H14BrF3N2O.CH4O/c1-9(5-6-13(15,16)17)19-12(20)18-8-10-3-2-4-11(14)7-10;1-2/h2-4,7H,1,5-6,8H2,(H2,18,19,20);2H,1H3. The van der Waals surface area contributed by atoms with Gasteiger partial charge in [0.15, 0.2) is 0 Å². The monoisotopic (exact) mass is 382 g/mol. The SMILES string of the molecule is C=C(CCC(F)(F)F)NC(=O)NCc1cccc(Br)c1.CO. The zero-order valence-corrected chi connectivity index (χ0v) is 13.6. The fourth-order valence-electron chi connectivity index (χ4n) is 1.39. The van der Waals surface area contributed by atoms with E-state index in [9.17, 15) is 18.0 Å². The molecule has 8 heteroatoms. The van der Waals surface area contributed by atoms with Crippen LogP contribution in [0.4, 0.5) is 18.0 Å². The van der Waals surface area contributed by atoms with Gasteiger partial charge in [-0.25, -0.2) is 4.79 Å². The third-order valence-electron chi connectivity index (χ3n) is 2.34. The van der Waals surface area contributed by atoms with Gasteiger partial charge in [-0.3, -0.25) is 0 Å². The Hall–Kier alpha value is -1.54. The summed E-state index contributed by atoms with van der Waals surface area (Å²) in [6, 6.07) is 6.75. The maximum Gasteiger partial charge on any atom is 0.389 e. The molecule has 0 unspecified atom stereocenters. The number of aliphatic hydroxyl groups is 1. The number of hydrogen-bond donors (Lipinski definition) is 3. The Morgan fingerprint density at radius 3 is 2.55 bits per heavy atom. The molecule has 0 saturated heterocycles. The van der Waals surface area contributed by atoms with Gasteiger partial charge >= 0.3 is 12.2 Å². The molecule has 124 valence electrons. The van der Waals surface area contributed by atoms with Crippen LogP contribution in [-0.4, -0.2) is 24.4 Å². The van der Waals surface area contributed by atoms with Gasteiger partial charge in [0.05, 0.1) is 0 Å². The van der Waals surface area contributed by atoms with E-state index in [1.807, 2.05) is 24.3 Å². The van der Waals surface area contributed by atoms with Gasteiger partial charge in [-0.2, -0.15) is 13.2 Å². The van der Waals surface area contributed by atoms with Crippen molar-refractivity contribution >= 4 is 22.0 Å². The number of alkyl halides is 3. The molecule has 0 aliphatic rings. The van der Waals surface area contributed by atoms with Crippen LogP contribution in [-0.2, 0) is 6.54 Å². The first-order valence-electron chi connectivity index (χ1n) is 6.25. The number of halogens is 4. The lowest BCUT2D eigenvalue weighted by Crippen LogP contribution is -2.34. The highest BCUT2D eigenvalue weighted by Gasteiger charge is 2.26. The zero-order valence-electron chi connectivity index (χ0n) is 12.0. The van der Waals surface area contributed by atoms with Crippen LogP contribution in [0.3, 0.4) is 0 Å². The molecule has 22 heavy (non-hydrogen) atoms. The largest absolute Gasteiger partial charge is 0.400 e. The Labute approximate surface area is 135 Å². The summed E-state index contributed by atoms with van der Waals surface area (Å²) in [5.41, 5.74) is 0.907. The summed E-state index contributed by atoms with van der Waals surface area (Å²) in [6.07, 6.45) is -5.58. The average molecular weight is 383 g/mol. The van der Waals surface area contributed by atoms with Crippen molar-refractivity contribution in [2.45, 2.75) is 25.6 Å². The Morgan fingerprint density at radius 1 is 1.36 bits per heavy atom. The Balaban J connectivity index is 0.00000211. The molecule has 0 spiro atoms. The number of benzene rings is 1. The fraction of sp³-hybridized carbons (Fsp3) is 0.357. The molecule has 0 aromatic heterocycles. The van der Waals surface area contributed by atoms with Crippen LogP contribution in [0.15, 0.2) is 41.0 Å². The zero-order chi connectivity index (χ0) is 17.2. The number of aliphatic hydroxyl groups excluding tert-OH is 1. The first kappa shape index (κ1) is 20.5. The normalized spacial score (nSPS) is 10.3. The third kappa shape index (κ3) is 10.2. The molecule has 1 rings (SSSR count). The highest BCUT2D eigenvalue weighted by atomic mass is 79.9. The summed E-state index contributed by atoms with van der Waals surface area (Å²) >= 11 is 3.30. The van der Waals surface area contributed by atoms with Gasteiger partial charge in [0, 0.05) is 30.2 Å². The smallest absolute Gasteiger partial charge is 0.389 e. The van der Waals surface area contributed by atoms with Crippen molar-refractivity contribution in [2.75, 3.05) is 7.11 Å². The molecule has 0 aliphatic carbocycles. The van der Waals surface area contributed by atoms with E-state index >= 15 is 0 Å². The minimum absolute atomic E-state index is 0.0362. The molecule has 0 saturated carbocycles. The first-order valence-corrected chi connectivity index (χ1v) is 7.04. The third-order valence-corrected chi connectivity index (χ3v) is 2.84. The highest BCUT2D eigenvalue weighted by Crippen LogP contribution is 2.22. The van der Waals surface area contributed by atoms with Crippen LogP contribution in [0.2, 0.25) is 0 Å². The number of hydrogen-bond acceptors (Lipinski definition) is 2. The summed E-state index contributed by atoms with van der Waals surface area (Å²) in [4.78, 5) is 11.5. The number of urea groups is 1. The molecule has 0 heterocycles. The molecule has 0 aliphatic heterocycles. The minimum atomic E-state index is -4.25. The number of rotatable bonds is 5. The lowest BCUT2D eigenvalue weighted by molar-refractivity contribution is -0.134. The molecule has 2 amide bonds. The molecule has 0 fully saturated rings. The Morgan fingerprint density at radius 2 is 2.00 bits per heavy atom. The van der Waals surface area contributed by atoms with E-state index < -0.39 is 18.6 Å². The van der Waals surface area contributed by atoms with Gasteiger partial charge < -0.3 is 15.7 Å². The van der Waals surface area contributed by atoms with E-state index in [-0.39, 0.29) is 18.7 Å². The van der Waals surface area contributed by atoms with Crippen LogP contribution >= 0.6 is 15.9 Å².